The van der Waals surface area contributed by atoms with E-state index in [4.69, 9.17) is 0 Å². The third-order valence-electron chi connectivity index (χ3n) is 10.1. The number of aromatic nitrogens is 2. The van der Waals surface area contributed by atoms with Crippen LogP contribution in [0.15, 0.2) is 200 Å². The molecule has 51 heavy (non-hydrogen) atoms. The topological polar surface area (TPSA) is 13.1 Å². The Bertz CT molecular complexity index is 2840. The predicted molar refractivity (Wildman–Crippen MR) is 215 cm³/mol. The molecule has 10 rings (SSSR count). The second-order valence-corrected chi connectivity index (χ2v) is 13.1. The van der Waals surface area contributed by atoms with Gasteiger partial charge in [-0.2, -0.15) is 0 Å². The van der Waals surface area contributed by atoms with Crippen molar-refractivity contribution in [3.63, 3.8) is 0 Å². The van der Waals surface area contributed by atoms with Crippen molar-refractivity contribution in [1.29, 1.82) is 0 Å². The van der Waals surface area contributed by atoms with Crippen molar-refractivity contribution in [3.8, 4) is 22.5 Å². The zero-order valence-electron chi connectivity index (χ0n) is 27.9. The third kappa shape index (κ3) is 4.90. The van der Waals surface area contributed by atoms with Gasteiger partial charge in [0, 0.05) is 50.8 Å². The zero-order chi connectivity index (χ0) is 33.7. The molecule has 10 aromatic rings. The fraction of sp³-hybridized carbons (Fsp3) is 0. The zero-order valence-corrected chi connectivity index (χ0v) is 27.9. The van der Waals surface area contributed by atoms with Crippen LogP contribution in [0.25, 0.3) is 66.0 Å². The minimum atomic E-state index is 1.10. The molecule has 8 aromatic carbocycles. The average Bonchev–Trinajstić information content (AvgIpc) is 3.79. The molecule has 0 radical (unpaired) electrons. The van der Waals surface area contributed by atoms with Gasteiger partial charge in [-0.15, -0.1) is 0 Å². The molecule has 0 spiro atoms. The van der Waals surface area contributed by atoms with E-state index < -0.39 is 0 Å². The summed E-state index contributed by atoms with van der Waals surface area (Å²) in [5.41, 5.74) is 11.6. The SMILES string of the molecule is c1ccc(-c2ccc(-n3ccc4c3ccc3c5ccccc5n(-c5cccc(N(c6ccccc6)c6ccc7ccccc7c6)c5)c34)cc2)cc1. The molecule has 0 aliphatic carbocycles. The number of anilines is 3. The van der Waals surface area contributed by atoms with E-state index in [1.807, 2.05) is 0 Å². The summed E-state index contributed by atoms with van der Waals surface area (Å²) >= 11 is 0. The van der Waals surface area contributed by atoms with Crippen LogP contribution in [0.3, 0.4) is 0 Å². The minimum Gasteiger partial charge on any atom is -0.316 e. The minimum absolute atomic E-state index is 1.10. The largest absolute Gasteiger partial charge is 0.316 e. The quantitative estimate of drug-likeness (QED) is 0.174. The molecule has 0 amide bonds. The van der Waals surface area contributed by atoms with Crippen LogP contribution < -0.4 is 4.90 Å². The first-order valence-corrected chi connectivity index (χ1v) is 17.4. The Labute approximate surface area is 296 Å². The fourth-order valence-electron chi connectivity index (χ4n) is 7.73. The number of para-hydroxylation sites is 2. The molecule has 3 nitrogen and oxygen atoms in total. The van der Waals surface area contributed by atoms with Crippen molar-refractivity contribution in [2.75, 3.05) is 4.90 Å². The molecule has 0 saturated heterocycles. The van der Waals surface area contributed by atoms with Crippen LogP contribution in [0.2, 0.25) is 0 Å². The number of hydrogen-bond donors (Lipinski definition) is 0. The molecule has 2 heterocycles. The normalized spacial score (nSPS) is 11.5. The van der Waals surface area contributed by atoms with Crippen molar-refractivity contribution in [2.24, 2.45) is 0 Å². The van der Waals surface area contributed by atoms with E-state index in [1.165, 1.54) is 54.6 Å². The molecule has 0 atom stereocenters. The molecule has 240 valence electrons. The Kier molecular flexibility index (Phi) is 6.81. The van der Waals surface area contributed by atoms with Crippen molar-refractivity contribution in [2.45, 2.75) is 0 Å². The maximum atomic E-state index is 2.45. The first-order chi connectivity index (χ1) is 25.3. The van der Waals surface area contributed by atoms with Gasteiger partial charge in [-0.05, 0) is 94.7 Å². The van der Waals surface area contributed by atoms with Crippen LogP contribution >= 0.6 is 0 Å². The third-order valence-corrected chi connectivity index (χ3v) is 10.1. The summed E-state index contributed by atoms with van der Waals surface area (Å²) in [5, 5.41) is 6.16. The highest BCUT2D eigenvalue weighted by Gasteiger charge is 2.19. The van der Waals surface area contributed by atoms with Crippen molar-refractivity contribution in [3.05, 3.63) is 200 Å². The highest BCUT2D eigenvalue weighted by atomic mass is 15.1. The van der Waals surface area contributed by atoms with Crippen LogP contribution in [0.5, 0.6) is 0 Å². The van der Waals surface area contributed by atoms with E-state index in [0.717, 1.165) is 28.4 Å². The van der Waals surface area contributed by atoms with Crippen molar-refractivity contribution < 1.29 is 0 Å². The van der Waals surface area contributed by atoms with E-state index in [0.29, 0.717) is 0 Å². The number of rotatable bonds is 6. The van der Waals surface area contributed by atoms with Gasteiger partial charge in [0.1, 0.15) is 0 Å². The number of hydrogen-bond acceptors (Lipinski definition) is 1. The molecule has 2 aromatic heterocycles. The van der Waals surface area contributed by atoms with Crippen LogP contribution in [-0.2, 0) is 0 Å². The average molecular weight is 652 g/mol. The van der Waals surface area contributed by atoms with Gasteiger partial charge in [0.15, 0.2) is 0 Å². The van der Waals surface area contributed by atoms with Gasteiger partial charge in [0.2, 0.25) is 0 Å². The lowest BCUT2D eigenvalue weighted by atomic mass is 10.1. The first kappa shape index (κ1) is 29.1. The maximum Gasteiger partial charge on any atom is 0.0635 e. The van der Waals surface area contributed by atoms with E-state index in [1.54, 1.807) is 0 Å². The van der Waals surface area contributed by atoms with Gasteiger partial charge in [0.25, 0.3) is 0 Å². The predicted octanol–water partition coefficient (Wildman–Crippen LogP) is 13.0. The van der Waals surface area contributed by atoms with E-state index in [9.17, 15) is 0 Å². The summed E-state index contributed by atoms with van der Waals surface area (Å²) < 4.78 is 4.75. The van der Waals surface area contributed by atoms with Crippen LogP contribution in [0.4, 0.5) is 17.1 Å². The summed E-state index contributed by atoms with van der Waals surface area (Å²) in [6, 6.07) is 69.9. The lowest BCUT2D eigenvalue weighted by molar-refractivity contribution is 1.13. The highest BCUT2D eigenvalue weighted by Crippen LogP contribution is 2.41. The maximum absolute atomic E-state index is 2.45. The van der Waals surface area contributed by atoms with E-state index >= 15 is 0 Å². The van der Waals surface area contributed by atoms with Crippen molar-refractivity contribution >= 4 is 60.5 Å². The van der Waals surface area contributed by atoms with Crippen molar-refractivity contribution in [1.82, 2.24) is 9.13 Å². The van der Waals surface area contributed by atoms with Gasteiger partial charge >= 0.3 is 0 Å². The summed E-state index contributed by atoms with van der Waals surface area (Å²) in [6.07, 6.45) is 2.21. The molecule has 0 aliphatic rings. The van der Waals surface area contributed by atoms with Gasteiger partial charge in [-0.25, -0.2) is 0 Å². The molecule has 0 unspecified atom stereocenters. The monoisotopic (exact) mass is 651 g/mol. The smallest absolute Gasteiger partial charge is 0.0635 e. The molecule has 0 fully saturated rings. The lowest BCUT2D eigenvalue weighted by Gasteiger charge is -2.26. The number of benzene rings is 8. The Morgan fingerprint density at radius 1 is 0.353 bits per heavy atom. The molecule has 0 aliphatic heterocycles. The van der Waals surface area contributed by atoms with Crippen LogP contribution in [0, 0.1) is 0 Å². The second-order valence-electron chi connectivity index (χ2n) is 13.1. The van der Waals surface area contributed by atoms with Crippen LogP contribution in [-0.4, -0.2) is 9.13 Å². The summed E-state index contributed by atoms with van der Waals surface area (Å²) in [6.45, 7) is 0. The Morgan fingerprint density at radius 3 is 1.88 bits per heavy atom. The van der Waals surface area contributed by atoms with Gasteiger partial charge < -0.3 is 14.0 Å². The molecule has 0 bridgehead atoms. The number of fused-ring (bicyclic) bond motifs is 6. The van der Waals surface area contributed by atoms with Gasteiger partial charge in [0.05, 0.1) is 16.6 Å². The molecular weight excluding hydrogens is 619 g/mol. The van der Waals surface area contributed by atoms with Gasteiger partial charge in [-0.1, -0.05) is 121 Å². The molecule has 3 heteroatoms. The molecule has 0 N–H and O–H groups in total. The van der Waals surface area contributed by atoms with E-state index in [-0.39, 0.29) is 0 Å². The van der Waals surface area contributed by atoms with Crippen LogP contribution in [0.1, 0.15) is 0 Å². The Morgan fingerprint density at radius 2 is 1.04 bits per heavy atom. The summed E-state index contributed by atoms with van der Waals surface area (Å²) in [7, 11) is 0. The molecule has 0 saturated carbocycles. The fourth-order valence-corrected chi connectivity index (χ4v) is 7.73. The first-order valence-electron chi connectivity index (χ1n) is 17.4. The van der Waals surface area contributed by atoms with Gasteiger partial charge in [-0.3, -0.25) is 0 Å². The number of nitrogens with zero attached hydrogens (tertiary/aromatic N) is 3. The van der Waals surface area contributed by atoms with E-state index in [2.05, 4.69) is 214 Å². The summed E-state index contributed by atoms with van der Waals surface area (Å²) in [4.78, 5) is 2.36. The Hall–Kier alpha value is -6.84. The highest BCUT2D eigenvalue weighted by molar-refractivity contribution is 6.18. The lowest BCUT2D eigenvalue weighted by Crippen LogP contribution is -2.10. The standard InChI is InChI=1S/C48H33N3/c1-3-12-34(13-4-1)36-22-25-38(26-23-36)49-31-30-45-46(49)29-28-44-43-20-9-10-21-47(43)51(48(44)45)41-19-11-18-40(33-41)50(39-16-5-2-6-17-39)42-27-24-35-14-7-8-15-37(35)32-42/h1-33H. The molecular formula is C48H33N3. The Balaban J connectivity index is 1.15. The second kappa shape index (κ2) is 11.9. The summed E-state index contributed by atoms with van der Waals surface area (Å²) in [5.74, 6) is 0.